The Morgan fingerprint density at radius 3 is 2.70 bits per heavy atom. The van der Waals surface area contributed by atoms with Gasteiger partial charge in [-0.05, 0) is 88.3 Å². The van der Waals surface area contributed by atoms with Gasteiger partial charge < -0.3 is 9.64 Å². The Morgan fingerprint density at radius 2 is 1.93 bits per heavy atom. The zero-order chi connectivity index (χ0) is 20.7. The van der Waals surface area contributed by atoms with Crippen molar-refractivity contribution in [1.29, 1.82) is 0 Å². The molecule has 2 aliphatic heterocycles. The number of allylic oxidation sites excluding steroid dienone is 2. The molecule has 0 amide bonds. The first-order valence-corrected chi connectivity index (χ1v) is 12.2. The SMILES string of the molecule is CC1=C2C[C@H]3[C@H](CN4CCC(Cc5ccccc5)CC4)C(=O)O[C@@H]3C[C@@]2(C)CCC1. The van der Waals surface area contributed by atoms with Crippen molar-refractivity contribution in [2.45, 2.75) is 71.3 Å². The number of likely N-dealkylation sites (tertiary alicyclic amines) is 1. The molecule has 1 saturated carbocycles. The second kappa shape index (κ2) is 8.15. The molecule has 1 aromatic carbocycles. The molecule has 0 unspecified atom stereocenters. The van der Waals surface area contributed by atoms with E-state index in [-0.39, 0.29) is 23.4 Å². The fourth-order valence-corrected chi connectivity index (χ4v) is 6.92. The normalized spacial score (nSPS) is 35.1. The van der Waals surface area contributed by atoms with Gasteiger partial charge in [0, 0.05) is 12.5 Å². The molecule has 3 nitrogen and oxygen atoms in total. The van der Waals surface area contributed by atoms with E-state index in [1.807, 2.05) is 0 Å². The molecule has 30 heavy (non-hydrogen) atoms. The molecule has 0 aromatic heterocycles. The Hall–Kier alpha value is -1.61. The van der Waals surface area contributed by atoms with Crippen LogP contribution in [0.3, 0.4) is 0 Å². The van der Waals surface area contributed by atoms with Gasteiger partial charge in [-0.3, -0.25) is 4.79 Å². The summed E-state index contributed by atoms with van der Waals surface area (Å²) in [6, 6.07) is 10.9. The maximum Gasteiger partial charge on any atom is 0.310 e. The van der Waals surface area contributed by atoms with Crippen LogP contribution in [0.4, 0.5) is 0 Å². The van der Waals surface area contributed by atoms with Crippen molar-refractivity contribution in [1.82, 2.24) is 4.90 Å². The maximum absolute atomic E-state index is 12.8. The topological polar surface area (TPSA) is 29.5 Å². The third kappa shape index (κ3) is 3.86. The molecule has 2 heterocycles. The summed E-state index contributed by atoms with van der Waals surface area (Å²) < 4.78 is 5.98. The minimum atomic E-state index is 0.0763. The molecule has 1 aromatic rings. The summed E-state index contributed by atoms with van der Waals surface area (Å²) in [5, 5.41) is 0. The average molecular weight is 408 g/mol. The van der Waals surface area contributed by atoms with E-state index in [1.54, 1.807) is 11.1 Å². The molecule has 4 atom stereocenters. The highest BCUT2D eigenvalue weighted by Crippen LogP contribution is 2.55. The molecule has 0 radical (unpaired) electrons. The highest BCUT2D eigenvalue weighted by atomic mass is 16.6. The molecule has 2 saturated heterocycles. The Labute approximate surface area is 181 Å². The molecule has 2 aliphatic carbocycles. The Morgan fingerprint density at radius 1 is 1.17 bits per heavy atom. The number of piperidine rings is 1. The number of carbonyl (C=O) groups is 1. The quantitative estimate of drug-likeness (QED) is 0.494. The van der Waals surface area contributed by atoms with Crippen molar-refractivity contribution in [3.05, 3.63) is 47.0 Å². The largest absolute Gasteiger partial charge is 0.462 e. The Balaban J connectivity index is 1.20. The zero-order valence-electron chi connectivity index (χ0n) is 18.7. The Kier molecular flexibility index (Phi) is 5.51. The predicted molar refractivity (Wildman–Crippen MR) is 120 cm³/mol. The summed E-state index contributed by atoms with van der Waals surface area (Å²) in [6.45, 7) is 7.90. The molecule has 3 fully saturated rings. The number of fused-ring (bicyclic) bond motifs is 2. The highest BCUT2D eigenvalue weighted by Gasteiger charge is 2.53. The van der Waals surface area contributed by atoms with Crippen LogP contribution in [0.1, 0.15) is 64.4 Å². The first-order valence-electron chi connectivity index (χ1n) is 12.2. The van der Waals surface area contributed by atoms with Crippen LogP contribution in [0.15, 0.2) is 41.5 Å². The number of esters is 1. The lowest BCUT2D eigenvalue weighted by atomic mass is 9.59. The van der Waals surface area contributed by atoms with Crippen molar-refractivity contribution < 1.29 is 9.53 Å². The van der Waals surface area contributed by atoms with E-state index in [0.29, 0.717) is 5.92 Å². The number of benzene rings is 1. The van der Waals surface area contributed by atoms with Gasteiger partial charge >= 0.3 is 5.97 Å². The monoisotopic (exact) mass is 407 g/mol. The first kappa shape index (κ1) is 20.3. The zero-order valence-corrected chi connectivity index (χ0v) is 18.7. The van der Waals surface area contributed by atoms with Crippen molar-refractivity contribution in [3.8, 4) is 0 Å². The van der Waals surface area contributed by atoms with E-state index in [2.05, 4.69) is 49.1 Å². The molecule has 0 N–H and O–H groups in total. The van der Waals surface area contributed by atoms with E-state index in [1.165, 1.54) is 44.1 Å². The van der Waals surface area contributed by atoms with Crippen LogP contribution >= 0.6 is 0 Å². The second-order valence-corrected chi connectivity index (χ2v) is 10.8. The van der Waals surface area contributed by atoms with Crippen LogP contribution in [0.5, 0.6) is 0 Å². The number of carbonyl (C=O) groups excluding carboxylic acids is 1. The van der Waals surface area contributed by atoms with Gasteiger partial charge in [-0.2, -0.15) is 0 Å². The highest BCUT2D eigenvalue weighted by molar-refractivity contribution is 5.76. The summed E-state index contributed by atoms with van der Waals surface area (Å²) in [7, 11) is 0. The van der Waals surface area contributed by atoms with Crippen LogP contribution in [-0.2, 0) is 16.0 Å². The summed E-state index contributed by atoms with van der Waals surface area (Å²) in [5.74, 6) is 1.33. The molecule has 5 rings (SSSR count). The second-order valence-electron chi connectivity index (χ2n) is 10.8. The summed E-state index contributed by atoms with van der Waals surface area (Å²) in [4.78, 5) is 15.4. The molecular weight excluding hydrogens is 370 g/mol. The van der Waals surface area contributed by atoms with Crippen LogP contribution in [0.25, 0.3) is 0 Å². The van der Waals surface area contributed by atoms with E-state index in [4.69, 9.17) is 4.74 Å². The third-order valence-corrected chi connectivity index (χ3v) is 8.71. The van der Waals surface area contributed by atoms with Gasteiger partial charge in [-0.15, -0.1) is 0 Å². The van der Waals surface area contributed by atoms with Gasteiger partial charge in [-0.1, -0.05) is 48.4 Å². The lowest BCUT2D eigenvalue weighted by Gasteiger charge is -2.46. The fraction of sp³-hybridized carbons (Fsp3) is 0.667. The van der Waals surface area contributed by atoms with Gasteiger partial charge in [0.1, 0.15) is 6.10 Å². The molecular formula is C27H37NO2. The molecule has 0 spiro atoms. The van der Waals surface area contributed by atoms with Gasteiger partial charge in [-0.25, -0.2) is 0 Å². The summed E-state index contributed by atoms with van der Waals surface area (Å²) >= 11 is 0. The van der Waals surface area contributed by atoms with Crippen LogP contribution in [0.2, 0.25) is 0 Å². The number of hydrogen-bond acceptors (Lipinski definition) is 3. The molecule has 4 aliphatic rings. The van der Waals surface area contributed by atoms with Crippen LogP contribution in [-0.4, -0.2) is 36.6 Å². The lowest BCUT2D eigenvalue weighted by molar-refractivity contribution is -0.145. The minimum Gasteiger partial charge on any atom is -0.462 e. The lowest BCUT2D eigenvalue weighted by Crippen LogP contribution is -2.43. The molecule has 3 heteroatoms. The van der Waals surface area contributed by atoms with Gasteiger partial charge in [0.15, 0.2) is 0 Å². The summed E-state index contributed by atoms with van der Waals surface area (Å²) in [5.41, 5.74) is 5.00. The van der Waals surface area contributed by atoms with Crippen molar-refractivity contribution in [3.63, 3.8) is 0 Å². The van der Waals surface area contributed by atoms with Gasteiger partial charge in [0.2, 0.25) is 0 Å². The smallest absolute Gasteiger partial charge is 0.310 e. The van der Waals surface area contributed by atoms with Crippen LogP contribution < -0.4 is 0 Å². The van der Waals surface area contributed by atoms with E-state index in [0.717, 1.165) is 38.4 Å². The Bertz CT molecular complexity index is 807. The summed E-state index contributed by atoms with van der Waals surface area (Å²) in [6.07, 6.45) is 9.77. The first-order chi connectivity index (χ1) is 14.5. The molecule has 0 bridgehead atoms. The van der Waals surface area contributed by atoms with E-state index >= 15 is 0 Å². The van der Waals surface area contributed by atoms with Crippen molar-refractivity contribution >= 4 is 5.97 Å². The van der Waals surface area contributed by atoms with E-state index in [9.17, 15) is 4.79 Å². The number of ether oxygens (including phenoxy) is 1. The molecule has 162 valence electrons. The average Bonchev–Trinajstić information content (AvgIpc) is 3.02. The van der Waals surface area contributed by atoms with Crippen LogP contribution in [0, 0.1) is 23.2 Å². The minimum absolute atomic E-state index is 0.0763. The predicted octanol–water partition coefficient (Wildman–Crippen LogP) is 5.40. The number of rotatable bonds is 4. The van der Waals surface area contributed by atoms with Gasteiger partial charge in [0.25, 0.3) is 0 Å². The van der Waals surface area contributed by atoms with Gasteiger partial charge in [0.05, 0.1) is 5.92 Å². The standard InChI is InChI=1S/C27H37NO2/c1-19-7-6-12-27(2)17-25-22(16-24(19)27)23(26(29)30-25)18-28-13-10-21(11-14-28)15-20-8-4-3-5-9-20/h3-5,8-9,21-23,25H,6-7,10-18H2,1-2H3/t22-,23-,25+,27+/m0/s1. The van der Waals surface area contributed by atoms with Crippen molar-refractivity contribution in [2.75, 3.05) is 19.6 Å². The fourth-order valence-electron chi connectivity index (χ4n) is 6.92. The maximum atomic E-state index is 12.8. The van der Waals surface area contributed by atoms with E-state index < -0.39 is 0 Å². The third-order valence-electron chi connectivity index (χ3n) is 8.71. The van der Waals surface area contributed by atoms with Crippen molar-refractivity contribution in [2.24, 2.45) is 23.2 Å². The number of hydrogen-bond donors (Lipinski definition) is 0. The number of nitrogens with zero attached hydrogens (tertiary/aromatic N) is 1.